The first-order valence-electron chi connectivity index (χ1n) is 4.51. The average molecular weight is 287 g/mol. The van der Waals surface area contributed by atoms with Gasteiger partial charge in [-0.25, -0.2) is 18.6 Å². The highest BCUT2D eigenvalue weighted by Gasteiger charge is 2.37. The van der Waals surface area contributed by atoms with Crippen LogP contribution in [0.3, 0.4) is 0 Å². The summed E-state index contributed by atoms with van der Waals surface area (Å²) in [5, 5.41) is 9.24. The van der Waals surface area contributed by atoms with E-state index >= 15 is 0 Å². The number of hydrogen-bond acceptors (Lipinski definition) is 5. The number of esters is 1. The first kappa shape index (κ1) is 14.9. The predicted octanol–water partition coefficient (Wildman–Crippen LogP) is 2.41. The molecular weight excluding hydrogens is 281 g/mol. The number of alkyl halides is 5. The molecule has 0 aromatic carbocycles. The molecule has 0 bridgehead atoms. The molecule has 10 heteroatoms. The monoisotopic (exact) mass is 287 g/mol. The molecular formula is C9H6F5NO4. The Morgan fingerprint density at radius 3 is 2.42 bits per heavy atom. The van der Waals surface area contributed by atoms with Gasteiger partial charge < -0.3 is 14.6 Å². The normalized spacial score (nSPS) is 11.5. The minimum Gasteiger partial charge on any atom is -0.505 e. The van der Waals surface area contributed by atoms with Crippen molar-refractivity contribution < 1.29 is 41.3 Å². The predicted molar refractivity (Wildman–Crippen MR) is 48.9 cm³/mol. The Morgan fingerprint density at radius 1 is 1.42 bits per heavy atom. The van der Waals surface area contributed by atoms with Crippen LogP contribution < -0.4 is 4.74 Å². The van der Waals surface area contributed by atoms with Crippen LogP contribution in [0.25, 0.3) is 0 Å². The van der Waals surface area contributed by atoms with E-state index in [2.05, 4.69) is 14.5 Å². The quantitative estimate of drug-likeness (QED) is 0.683. The maximum atomic E-state index is 12.5. The Hall–Kier alpha value is -2.13. The molecule has 0 saturated heterocycles. The topological polar surface area (TPSA) is 68.7 Å². The van der Waals surface area contributed by atoms with E-state index < -0.39 is 41.5 Å². The number of halogens is 5. The largest absolute Gasteiger partial charge is 0.573 e. The van der Waals surface area contributed by atoms with Gasteiger partial charge in [-0.05, 0) is 0 Å². The van der Waals surface area contributed by atoms with Crippen LogP contribution in [0.1, 0.15) is 22.5 Å². The van der Waals surface area contributed by atoms with Crippen molar-refractivity contribution in [3.05, 3.63) is 17.5 Å². The number of methoxy groups -OCH3 is 1. The molecule has 1 N–H and O–H groups in total. The number of rotatable bonds is 3. The molecule has 106 valence electrons. The van der Waals surface area contributed by atoms with Crippen LogP contribution in [0.5, 0.6) is 11.5 Å². The fourth-order valence-corrected chi connectivity index (χ4v) is 1.17. The average Bonchev–Trinajstić information content (AvgIpc) is 2.26. The Balaban J connectivity index is 3.50. The summed E-state index contributed by atoms with van der Waals surface area (Å²) < 4.78 is 68.9. The number of carbonyl (C=O) groups excluding carboxylic acids is 1. The maximum Gasteiger partial charge on any atom is 0.573 e. The van der Waals surface area contributed by atoms with E-state index in [1.807, 2.05) is 0 Å². The number of pyridine rings is 1. The first-order valence-corrected chi connectivity index (χ1v) is 4.51. The van der Waals surface area contributed by atoms with Crippen molar-refractivity contribution in [3.8, 4) is 11.5 Å². The first-order chi connectivity index (χ1) is 8.67. The van der Waals surface area contributed by atoms with Gasteiger partial charge in [0.1, 0.15) is 11.3 Å². The van der Waals surface area contributed by atoms with Gasteiger partial charge in [0.05, 0.1) is 13.3 Å². The standard InChI is InChI=1S/C9H6F5NO4/c1-18-8(17)4-3(16)2-15-5(7(10)11)6(4)19-9(12,13)14/h2,7,16H,1H3. The molecule has 0 fully saturated rings. The molecule has 0 radical (unpaired) electrons. The van der Waals surface area contributed by atoms with Gasteiger partial charge >= 0.3 is 12.3 Å². The Kier molecular flexibility index (Phi) is 4.12. The summed E-state index contributed by atoms with van der Waals surface area (Å²) >= 11 is 0. The molecule has 19 heavy (non-hydrogen) atoms. The molecule has 1 rings (SSSR count). The minimum atomic E-state index is -5.35. The number of aromatic hydroxyl groups is 1. The second-order valence-electron chi connectivity index (χ2n) is 3.07. The van der Waals surface area contributed by atoms with Crippen molar-refractivity contribution in [1.29, 1.82) is 0 Å². The van der Waals surface area contributed by atoms with E-state index in [0.717, 1.165) is 7.11 Å². The highest BCUT2D eigenvalue weighted by molar-refractivity contribution is 5.95. The van der Waals surface area contributed by atoms with Crippen LogP contribution in [0.2, 0.25) is 0 Å². The molecule has 0 unspecified atom stereocenters. The van der Waals surface area contributed by atoms with E-state index in [9.17, 15) is 31.9 Å². The van der Waals surface area contributed by atoms with Crippen LogP contribution >= 0.6 is 0 Å². The number of nitrogens with zero attached hydrogens (tertiary/aromatic N) is 1. The molecule has 0 atom stereocenters. The Morgan fingerprint density at radius 2 is 2.00 bits per heavy atom. The van der Waals surface area contributed by atoms with Crippen LogP contribution in [0.4, 0.5) is 22.0 Å². The molecule has 0 amide bonds. The van der Waals surface area contributed by atoms with Gasteiger partial charge in [-0.3, -0.25) is 0 Å². The van der Waals surface area contributed by atoms with Crippen LogP contribution in [-0.4, -0.2) is 29.5 Å². The molecule has 0 aliphatic heterocycles. The van der Waals surface area contributed by atoms with Crippen LogP contribution in [0, 0.1) is 0 Å². The van der Waals surface area contributed by atoms with Gasteiger partial charge in [-0.15, -0.1) is 13.2 Å². The fraction of sp³-hybridized carbons (Fsp3) is 0.333. The lowest BCUT2D eigenvalue weighted by atomic mass is 10.2. The third-order valence-electron chi connectivity index (χ3n) is 1.86. The van der Waals surface area contributed by atoms with E-state index in [0.29, 0.717) is 6.20 Å². The summed E-state index contributed by atoms with van der Waals surface area (Å²) in [6, 6.07) is 0. The Labute approximate surface area is 102 Å². The highest BCUT2D eigenvalue weighted by Crippen LogP contribution is 2.38. The van der Waals surface area contributed by atoms with E-state index in [4.69, 9.17) is 0 Å². The molecule has 0 aliphatic carbocycles. The third-order valence-corrected chi connectivity index (χ3v) is 1.86. The summed E-state index contributed by atoms with van der Waals surface area (Å²) in [5.41, 5.74) is -2.61. The molecule has 5 nitrogen and oxygen atoms in total. The lowest BCUT2D eigenvalue weighted by molar-refractivity contribution is -0.275. The van der Waals surface area contributed by atoms with Crippen molar-refractivity contribution in [2.24, 2.45) is 0 Å². The zero-order valence-electron chi connectivity index (χ0n) is 9.16. The minimum absolute atomic E-state index is 0.400. The fourth-order valence-electron chi connectivity index (χ4n) is 1.17. The van der Waals surface area contributed by atoms with Gasteiger partial charge in [-0.2, -0.15) is 0 Å². The van der Waals surface area contributed by atoms with Gasteiger partial charge in [0.15, 0.2) is 11.5 Å². The second-order valence-corrected chi connectivity index (χ2v) is 3.07. The lowest BCUT2D eigenvalue weighted by Gasteiger charge is -2.15. The van der Waals surface area contributed by atoms with Gasteiger partial charge in [0.2, 0.25) is 0 Å². The van der Waals surface area contributed by atoms with Crippen molar-refractivity contribution in [2.75, 3.05) is 7.11 Å². The van der Waals surface area contributed by atoms with Crippen molar-refractivity contribution >= 4 is 5.97 Å². The van der Waals surface area contributed by atoms with E-state index in [1.165, 1.54) is 0 Å². The smallest absolute Gasteiger partial charge is 0.505 e. The van der Waals surface area contributed by atoms with E-state index in [-0.39, 0.29) is 0 Å². The summed E-state index contributed by atoms with van der Waals surface area (Å²) in [5.74, 6) is -4.13. The highest BCUT2D eigenvalue weighted by atomic mass is 19.4. The summed E-state index contributed by atoms with van der Waals surface area (Å²) in [4.78, 5) is 14.1. The van der Waals surface area contributed by atoms with Crippen molar-refractivity contribution in [1.82, 2.24) is 4.98 Å². The molecule has 1 heterocycles. The molecule has 0 saturated carbocycles. The summed E-state index contributed by atoms with van der Waals surface area (Å²) in [7, 11) is 0.793. The maximum absolute atomic E-state index is 12.5. The molecule has 0 spiro atoms. The lowest BCUT2D eigenvalue weighted by Crippen LogP contribution is -2.21. The van der Waals surface area contributed by atoms with Crippen LogP contribution in [-0.2, 0) is 4.74 Å². The van der Waals surface area contributed by atoms with Gasteiger partial charge in [0, 0.05) is 0 Å². The Bertz CT molecular complexity index is 488. The zero-order chi connectivity index (χ0) is 14.8. The second kappa shape index (κ2) is 5.24. The van der Waals surface area contributed by atoms with Crippen molar-refractivity contribution in [2.45, 2.75) is 12.8 Å². The molecule has 1 aromatic heterocycles. The number of aromatic nitrogens is 1. The molecule has 0 aliphatic rings. The zero-order valence-corrected chi connectivity index (χ0v) is 9.16. The summed E-state index contributed by atoms with van der Waals surface area (Å²) in [6.07, 6.45) is -8.39. The van der Waals surface area contributed by atoms with Crippen LogP contribution in [0.15, 0.2) is 6.20 Å². The SMILES string of the molecule is COC(=O)c1c(O)cnc(C(F)F)c1OC(F)(F)F. The third kappa shape index (κ3) is 3.42. The molecule has 1 aromatic rings. The van der Waals surface area contributed by atoms with Crippen molar-refractivity contribution in [3.63, 3.8) is 0 Å². The number of carbonyl (C=O) groups is 1. The number of ether oxygens (including phenoxy) is 2. The summed E-state index contributed by atoms with van der Waals surface area (Å²) in [6.45, 7) is 0. The number of hydrogen-bond donors (Lipinski definition) is 1. The van der Waals surface area contributed by atoms with Gasteiger partial charge in [-0.1, -0.05) is 0 Å². The van der Waals surface area contributed by atoms with Gasteiger partial charge in [0.25, 0.3) is 6.43 Å². The van der Waals surface area contributed by atoms with E-state index in [1.54, 1.807) is 0 Å².